The van der Waals surface area contributed by atoms with Crippen molar-refractivity contribution in [1.82, 2.24) is 10.3 Å². The summed E-state index contributed by atoms with van der Waals surface area (Å²) in [5.74, 6) is 0.768. The van der Waals surface area contributed by atoms with Crippen LogP contribution in [0.5, 0.6) is 6.08 Å². The molecule has 2 aliphatic carbocycles. The topological polar surface area (TPSA) is 47.3 Å². The Morgan fingerprint density at radius 1 is 1.43 bits per heavy atom. The molecule has 2 bridgehead atoms. The minimum Gasteiger partial charge on any atom is -0.446 e. The maximum absolute atomic E-state index is 6.13. The lowest BCUT2D eigenvalue weighted by Gasteiger charge is -2.38. The molecule has 118 valence electrons. The third kappa shape index (κ3) is 2.37. The standard InChI is InChI=1S/C17H28N2O2/c1-11(2)18-9-13-10-20-15(19-13)21-14-8-12-6-7-17(14,5)16(12,3)4/h10-12,14,18H,6-9H2,1-5H3. The second kappa shape index (κ2) is 5.01. The van der Waals surface area contributed by atoms with E-state index in [1.165, 1.54) is 12.8 Å². The monoisotopic (exact) mass is 292 g/mol. The first-order chi connectivity index (χ1) is 9.83. The zero-order chi connectivity index (χ0) is 15.3. The molecule has 2 fully saturated rings. The van der Waals surface area contributed by atoms with Crippen molar-refractivity contribution < 1.29 is 9.15 Å². The van der Waals surface area contributed by atoms with Crippen molar-refractivity contribution in [2.75, 3.05) is 0 Å². The van der Waals surface area contributed by atoms with Crippen LogP contribution in [0.15, 0.2) is 10.7 Å². The van der Waals surface area contributed by atoms with Gasteiger partial charge in [-0.25, -0.2) is 0 Å². The highest BCUT2D eigenvalue weighted by Gasteiger charge is 2.62. The van der Waals surface area contributed by atoms with Crippen LogP contribution in [0.25, 0.3) is 0 Å². The highest BCUT2D eigenvalue weighted by Crippen LogP contribution is 2.66. The number of nitrogens with zero attached hydrogens (tertiary/aromatic N) is 1. The maximum Gasteiger partial charge on any atom is 0.394 e. The van der Waals surface area contributed by atoms with Crippen LogP contribution in [0, 0.1) is 16.7 Å². The SMILES string of the molecule is CC(C)NCc1coc(OC2CC3CCC2(C)C3(C)C)n1. The Bertz CT molecular complexity index is 509. The zero-order valence-corrected chi connectivity index (χ0v) is 13.9. The van der Waals surface area contributed by atoms with Gasteiger partial charge in [-0.15, -0.1) is 0 Å². The lowest BCUT2D eigenvalue weighted by Crippen LogP contribution is -2.38. The van der Waals surface area contributed by atoms with Crippen molar-refractivity contribution in [2.24, 2.45) is 16.7 Å². The van der Waals surface area contributed by atoms with Crippen LogP contribution >= 0.6 is 0 Å². The van der Waals surface area contributed by atoms with Gasteiger partial charge in [-0.3, -0.25) is 0 Å². The smallest absolute Gasteiger partial charge is 0.394 e. The molecule has 0 aromatic carbocycles. The first kappa shape index (κ1) is 14.9. The quantitative estimate of drug-likeness (QED) is 0.897. The molecule has 0 aliphatic heterocycles. The van der Waals surface area contributed by atoms with E-state index in [4.69, 9.17) is 9.15 Å². The number of hydrogen-bond acceptors (Lipinski definition) is 4. The van der Waals surface area contributed by atoms with Gasteiger partial charge in [0.15, 0.2) is 0 Å². The molecule has 3 atom stereocenters. The van der Waals surface area contributed by atoms with Crippen LogP contribution in [0.2, 0.25) is 0 Å². The molecule has 21 heavy (non-hydrogen) atoms. The average molecular weight is 292 g/mol. The summed E-state index contributed by atoms with van der Waals surface area (Å²) in [5, 5.41) is 3.34. The van der Waals surface area contributed by atoms with Gasteiger partial charge in [-0.05, 0) is 30.6 Å². The summed E-state index contributed by atoms with van der Waals surface area (Å²) in [6, 6.07) is 0.441. The summed E-state index contributed by atoms with van der Waals surface area (Å²) in [6.45, 7) is 12.1. The Balaban J connectivity index is 1.66. The Morgan fingerprint density at radius 3 is 2.76 bits per heavy atom. The molecule has 1 aromatic rings. The Labute approximate surface area is 127 Å². The molecule has 0 spiro atoms. The molecule has 0 radical (unpaired) electrons. The minimum atomic E-state index is 0.232. The van der Waals surface area contributed by atoms with E-state index in [2.05, 4.69) is 44.9 Å². The van der Waals surface area contributed by atoms with Crippen molar-refractivity contribution >= 4 is 0 Å². The first-order valence-corrected chi connectivity index (χ1v) is 8.17. The van der Waals surface area contributed by atoms with Crippen LogP contribution in [0.4, 0.5) is 0 Å². The van der Waals surface area contributed by atoms with Crippen LogP contribution in [0.3, 0.4) is 0 Å². The third-order valence-corrected chi connectivity index (χ3v) is 6.18. The van der Waals surface area contributed by atoms with E-state index in [0.717, 1.165) is 24.6 Å². The van der Waals surface area contributed by atoms with E-state index in [-0.39, 0.29) is 11.5 Å². The highest BCUT2D eigenvalue weighted by molar-refractivity contribution is 5.13. The van der Waals surface area contributed by atoms with E-state index < -0.39 is 0 Å². The summed E-state index contributed by atoms with van der Waals surface area (Å²) in [6.07, 6.45) is 6.08. The van der Waals surface area contributed by atoms with Crippen molar-refractivity contribution in [3.8, 4) is 6.08 Å². The van der Waals surface area contributed by atoms with Gasteiger partial charge in [-0.1, -0.05) is 34.6 Å². The van der Waals surface area contributed by atoms with Gasteiger partial charge < -0.3 is 14.5 Å². The van der Waals surface area contributed by atoms with Gasteiger partial charge in [0, 0.05) is 18.0 Å². The van der Waals surface area contributed by atoms with Crippen molar-refractivity contribution in [2.45, 2.75) is 72.6 Å². The predicted molar refractivity (Wildman–Crippen MR) is 82.1 cm³/mol. The van der Waals surface area contributed by atoms with E-state index in [0.29, 0.717) is 17.5 Å². The molecule has 3 rings (SSSR count). The molecule has 2 aliphatic rings. The van der Waals surface area contributed by atoms with E-state index in [9.17, 15) is 0 Å². The molecule has 4 heteroatoms. The molecular weight excluding hydrogens is 264 g/mol. The molecule has 1 aromatic heterocycles. The molecule has 0 saturated heterocycles. The highest BCUT2D eigenvalue weighted by atomic mass is 16.6. The van der Waals surface area contributed by atoms with Crippen LogP contribution in [-0.2, 0) is 6.54 Å². The predicted octanol–water partition coefficient (Wildman–Crippen LogP) is 3.77. The average Bonchev–Trinajstić information content (AvgIpc) is 2.99. The van der Waals surface area contributed by atoms with Crippen LogP contribution in [0.1, 0.15) is 59.6 Å². The summed E-state index contributed by atoms with van der Waals surface area (Å²) >= 11 is 0. The molecular formula is C17H28N2O2. The van der Waals surface area contributed by atoms with Crippen molar-refractivity contribution in [3.05, 3.63) is 12.0 Å². The van der Waals surface area contributed by atoms with E-state index in [1.807, 2.05) is 0 Å². The summed E-state index contributed by atoms with van der Waals surface area (Å²) in [7, 11) is 0. The minimum absolute atomic E-state index is 0.232. The number of aromatic nitrogens is 1. The van der Waals surface area contributed by atoms with Gasteiger partial charge in [0.2, 0.25) is 0 Å². The lowest BCUT2D eigenvalue weighted by atomic mass is 9.70. The number of hydrogen-bond donors (Lipinski definition) is 1. The van der Waals surface area contributed by atoms with Gasteiger partial charge in [0.1, 0.15) is 12.4 Å². The Kier molecular flexibility index (Phi) is 3.55. The van der Waals surface area contributed by atoms with Gasteiger partial charge >= 0.3 is 6.08 Å². The second-order valence-electron chi connectivity index (χ2n) is 7.86. The fourth-order valence-electron chi connectivity index (χ4n) is 4.16. The molecule has 0 amide bonds. The van der Waals surface area contributed by atoms with Crippen molar-refractivity contribution in [1.29, 1.82) is 0 Å². The van der Waals surface area contributed by atoms with Crippen LogP contribution in [-0.4, -0.2) is 17.1 Å². The summed E-state index contributed by atoms with van der Waals surface area (Å²) < 4.78 is 11.6. The van der Waals surface area contributed by atoms with Crippen LogP contribution < -0.4 is 10.1 Å². The molecule has 3 unspecified atom stereocenters. The number of fused-ring (bicyclic) bond motifs is 2. The second-order valence-corrected chi connectivity index (χ2v) is 7.86. The number of nitrogens with one attached hydrogen (secondary N) is 1. The summed E-state index contributed by atoms with van der Waals surface area (Å²) in [4.78, 5) is 4.46. The van der Waals surface area contributed by atoms with Gasteiger partial charge in [-0.2, -0.15) is 4.98 Å². The Morgan fingerprint density at radius 2 is 2.19 bits per heavy atom. The fraction of sp³-hybridized carbons (Fsp3) is 0.824. The van der Waals surface area contributed by atoms with E-state index in [1.54, 1.807) is 6.26 Å². The third-order valence-electron chi connectivity index (χ3n) is 6.18. The van der Waals surface area contributed by atoms with E-state index >= 15 is 0 Å². The molecule has 1 N–H and O–H groups in total. The number of ether oxygens (including phenoxy) is 1. The zero-order valence-electron chi connectivity index (χ0n) is 13.9. The lowest BCUT2D eigenvalue weighted by molar-refractivity contribution is 0.0118. The van der Waals surface area contributed by atoms with Gasteiger partial charge in [0.05, 0.1) is 5.69 Å². The van der Waals surface area contributed by atoms with Crippen molar-refractivity contribution in [3.63, 3.8) is 0 Å². The number of oxazole rings is 1. The fourth-order valence-corrected chi connectivity index (χ4v) is 4.16. The summed E-state index contributed by atoms with van der Waals surface area (Å²) in [5.41, 5.74) is 1.50. The maximum atomic E-state index is 6.13. The molecule has 2 saturated carbocycles. The largest absolute Gasteiger partial charge is 0.446 e. The molecule has 4 nitrogen and oxygen atoms in total. The Hall–Kier alpha value is -1.03. The first-order valence-electron chi connectivity index (χ1n) is 8.17. The normalized spacial score (nSPS) is 33.8. The molecule has 1 heterocycles. The van der Waals surface area contributed by atoms with Gasteiger partial charge in [0.25, 0.3) is 0 Å². The number of rotatable bonds is 5.